The molecule has 1 aliphatic heterocycles. The van der Waals surface area contributed by atoms with Gasteiger partial charge in [-0.05, 0) is 11.4 Å². The molecule has 0 saturated carbocycles. The first-order chi connectivity index (χ1) is 9.99. The molecule has 0 spiro atoms. The van der Waals surface area contributed by atoms with Gasteiger partial charge in [-0.25, -0.2) is 0 Å². The average molecular weight is 312 g/mol. The Kier molecular flexibility index (Phi) is 4.89. The zero-order valence-electron chi connectivity index (χ0n) is 11.2. The lowest BCUT2D eigenvalue weighted by Crippen LogP contribution is -2.56. The quantitative estimate of drug-likeness (QED) is 0.561. The molecule has 0 aliphatic carbocycles. The highest BCUT2D eigenvalue weighted by atomic mass is 32.1. The van der Waals surface area contributed by atoms with E-state index in [-0.39, 0.29) is 18.0 Å². The van der Waals surface area contributed by atoms with Crippen LogP contribution in [0, 0.1) is 0 Å². The molecule has 1 atom stereocenters. The predicted molar refractivity (Wildman–Crippen MR) is 77.3 cm³/mol. The fraction of sp³-hybridized carbons (Fsp3) is 0.417. The van der Waals surface area contributed by atoms with Gasteiger partial charge in [-0.3, -0.25) is 19.3 Å². The van der Waals surface area contributed by atoms with Crippen LogP contribution in [0.5, 0.6) is 0 Å². The van der Waals surface area contributed by atoms with Gasteiger partial charge < -0.3 is 21.5 Å². The lowest BCUT2D eigenvalue weighted by Gasteiger charge is -2.32. The summed E-state index contributed by atoms with van der Waals surface area (Å²) in [6, 6.07) is 0.802. The Morgan fingerprint density at radius 2 is 2.29 bits per heavy atom. The molecule has 2 amide bonds. The van der Waals surface area contributed by atoms with Crippen LogP contribution in [-0.2, 0) is 9.59 Å². The van der Waals surface area contributed by atoms with E-state index in [0.717, 1.165) is 0 Å². The minimum atomic E-state index is -0.969. The first-order valence-corrected chi connectivity index (χ1v) is 7.21. The maximum atomic E-state index is 12.0. The number of piperazine rings is 1. The number of rotatable bonds is 5. The molecule has 2 heterocycles. The third kappa shape index (κ3) is 3.78. The van der Waals surface area contributed by atoms with E-state index in [0.29, 0.717) is 24.6 Å². The molecule has 21 heavy (non-hydrogen) atoms. The topological polar surface area (TPSA) is 125 Å². The van der Waals surface area contributed by atoms with Gasteiger partial charge in [-0.15, -0.1) is 11.3 Å². The summed E-state index contributed by atoms with van der Waals surface area (Å²) in [5, 5.41) is 16.7. The number of primary amides is 1. The monoisotopic (exact) mass is 312 g/mol. The van der Waals surface area contributed by atoms with Crippen LogP contribution in [0.3, 0.4) is 0 Å². The molecule has 8 nitrogen and oxygen atoms in total. The summed E-state index contributed by atoms with van der Waals surface area (Å²) >= 11 is 1.20. The lowest BCUT2D eigenvalue weighted by atomic mass is 10.2. The number of hydrogen-bond donors (Lipinski definition) is 4. The van der Waals surface area contributed by atoms with Gasteiger partial charge >= 0.3 is 5.97 Å². The number of carboxylic acid groups (broad SMARTS) is 1. The summed E-state index contributed by atoms with van der Waals surface area (Å²) in [7, 11) is 0. The minimum Gasteiger partial charge on any atom is -0.480 e. The zero-order valence-corrected chi connectivity index (χ0v) is 12.0. The molecule has 1 saturated heterocycles. The van der Waals surface area contributed by atoms with Gasteiger partial charge in [0.05, 0.1) is 12.1 Å². The van der Waals surface area contributed by atoms with Crippen molar-refractivity contribution in [2.75, 3.05) is 31.5 Å². The number of thiophene rings is 1. The van der Waals surface area contributed by atoms with E-state index in [9.17, 15) is 14.4 Å². The van der Waals surface area contributed by atoms with Gasteiger partial charge in [0.2, 0.25) is 5.91 Å². The third-order valence-corrected chi connectivity index (χ3v) is 4.00. The fourth-order valence-corrected chi connectivity index (χ4v) is 2.94. The second kappa shape index (κ2) is 6.66. The summed E-state index contributed by atoms with van der Waals surface area (Å²) in [6.45, 7) is 1.35. The largest absolute Gasteiger partial charge is 0.480 e. The van der Waals surface area contributed by atoms with Crippen molar-refractivity contribution in [3.8, 4) is 0 Å². The van der Waals surface area contributed by atoms with Crippen molar-refractivity contribution in [3.63, 3.8) is 0 Å². The van der Waals surface area contributed by atoms with Crippen molar-refractivity contribution in [1.29, 1.82) is 0 Å². The summed E-state index contributed by atoms with van der Waals surface area (Å²) in [6.07, 6.45) is 0. The number of carbonyl (C=O) groups excluding carboxylic acids is 2. The van der Waals surface area contributed by atoms with Crippen molar-refractivity contribution in [2.24, 2.45) is 5.73 Å². The fourth-order valence-electron chi connectivity index (χ4n) is 2.13. The molecular weight excluding hydrogens is 296 g/mol. The van der Waals surface area contributed by atoms with Crippen molar-refractivity contribution >= 4 is 34.1 Å². The number of amides is 2. The van der Waals surface area contributed by atoms with Crippen molar-refractivity contribution in [1.82, 2.24) is 10.2 Å². The molecule has 1 fully saturated rings. The summed E-state index contributed by atoms with van der Waals surface area (Å²) < 4.78 is 0. The van der Waals surface area contributed by atoms with Crippen molar-refractivity contribution < 1.29 is 19.5 Å². The van der Waals surface area contributed by atoms with E-state index in [1.807, 2.05) is 0 Å². The number of anilines is 1. The van der Waals surface area contributed by atoms with Gasteiger partial charge in [0, 0.05) is 19.6 Å². The zero-order chi connectivity index (χ0) is 15.4. The second-order valence-corrected chi connectivity index (χ2v) is 5.52. The molecule has 5 N–H and O–H groups in total. The molecule has 1 unspecified atom stereocenters. The number of hydrogen-bond acceptors (Lipinski definition) is 6. The van der Waals surface area contributed by atoms with Crippen LogP contribution in [0.15, 0.2) is 11.4 Å². The summed E-state index contributed by atoms with van der Waals surface area (Å²) in [4.78, 5) is 35.9. The Morgan fingerprint density at radius 1 is 1.52 bits per heavy atom. The third-order valence-electron chi connectivity index (χ3n) is 3.17. The maximum absolute atomic E-state index is 12.0. The number of aliphatic carboxylic acids is 1. The molecular formula is C12H16N4O4S. The van der Waals surface area contributed by atoms with Crippen LogP contribution >= 0.6 is 11.3 Å². The van der Waals surface area contributed by atoms with Gasteiger partial charge in [0.25, 0.3) is 5.91 Å². The van der Waals surface area contributed by atoms with E-state index in [1.54, 1.807) is 10.3 Å². The summed E-state index contributed by atoms with van der Waals surface area (Å²) in [5.74, 6) is -1.95. The van der Waals surface area contributed by atoms with Gasteiger partial charge in [-0.1, -0.05) is 0 Å². The number of carbonyl (C=O) groups is 3. The Hall–Kier alpha value is -1.97. The van der Waals surface area contributed by atoms with Gasteiger partial charge in [-0.2, -0.15) is 0 Å². The highest BCUT2D eigenvalue weighted by Crippen LogP contribution is 2.22. The van der Waals surface area contributed by atoms with Gasteiger partial charge in [0.1, 0.15) is 11.0 Å². The first-order valence-electron chi connectivity index (χ1n) is 6.33. The Balaban J connectivity index is 1.99. The predicted octanol–water partition coefficient (Wildman–Crippen LogP) is -0.856. The lowest BCUT2D eigenvalue weighted by molar-refractivity contribution is -0.144. The molecule has 1 aromatic rings. The highest BCUT2D eigenvalue weighted by Gasteiger charge is 2.29. The van der Waals surface area contributed by atoms with Crippen molar-refractivity contribution in [3.05, 3.63) is 17.0 Å². The Labute approximate surface area is 124 Å². The molecule has 9 heteroatoms. The van der Waals surface area contributed by atoms with E-state index >= 15 is 0 Å². The van der Waals surface area contributed by atoms with Crippen molar-refractivity contribution in [2.45, 2.75) is 6.04 Å². The molecule has 0 bridgehead atoms. The van der Waals surface area contributed by atoms with Crippen LogP contribution in [-0.4, -0.2) is 60.0 Å². The number of nitrogens with one attached hydrogen (secondary N) is 2. The SMILES string of the molecule is NC(=O)c1ccsc1NC(=O)CN1CCNCC1C(=O)O. The van der Waals surface area contributed by atoms with E-state index in [1.165, 1.54) is 17.4 Å². The normalized spacial score (nSPS) is 19.1. The number of nitrogens with zero attached hydrogens (tertiary/aromatic N) is 1. The standard InChI is InChI=1S/C12H16N4O4S/c13-10(18)7-1-4-21-11(7)15-9(17)6-16-3-2-14-5-8(16)12(19)20/h1,4,8,14H,2-3,5-6H2,(H2,13,18)(H,15,17)(H,19,20). The number of nitrogens with two attached hydrogens (primary N) is 1. The molecule has 0 radical (unpaired) electrons. The first kappa shape index (κ1) is 15.4. The van der Waals surface area contributed by atoms with Crippen LogP contribution in [0.1, 0.15) is 10.4 Å². The molecule has 0 aromatic carbocycles. The maximum Gasteiger partial charge on any atom is 0.322 e. The summed E-state index contributed by atoms with van der Waals surface area (Å²) in [5.41, 5.74) is 5.45. The van der Waals surface area contributed by atoms with Crippen LogP contribution < -0.4 is 16.4 Å². The second-order valence-electron chi connectivity index (χ2n) is 4.60. The van der Waals surface area contributed by atoms with Gasteiger partial charge in [0.15, 0.2) is 0 Å². The van der Waals surface area contributed by atoms with Crippen LogP contribution in [0.4, 0.5) is 5.00 Å². The Bertz CT molecular complexity index is 559. The number of carboxylic acids is 1. The Morgan fingerprint density at radius 3 is 2.95 bits per heavy atom. The highest BCUT2D eigenvalue weighted by molar-refractivity contribution is 7.14. The average Bonchev–Trinajstić information content (AvgIpc) is 2.87. The van der Waals surface area contributed by atoms with Crippen LogP contribution in [0.2, 0.25) is 0 Å². The molecule has 2 rings (SSSR count). The molecule has 1 aromatic heterocycles. The smallest absolute Gasteiger partial charge is 0.322 e. The minimum absolute atomic E-state index is 0.0469. The molecule has 114 valence electrons. The molecule has 1 aliphatic rings. The van der Waals surface area contributed by atoms with E-state index < -0.39 is 17.9 Å². The van der Waals surface area contributed by atoms with Crippen LogP contribution in [0.25, 0.3) is 0 Å². The van der Waals surface area contributed by atoms with E-state index in [4.69, 9.17) is 10.8 Å². The van der Waals surface area contributed by atoms with E-state index in [2.05, 4.69) is 10.6 Å².